The third-order valence-corrected chi connectivity index (χ3v) is 4.85. The van der Waals surface area contributed by atoms with Gasteiger partial charge in [-0.15, -0.1) is 0 Å². The number of allylic oxidation sites excluding steroid dienone is 1. The molecule has 0 fully saturated rings. The van der Waals surface area contributed by atoms with E-state index in [9.17, 15) is 0 Å². The standard InChI is InChI=1S/C14H13P/c1-11-9-12-5-4-6-14(13(12)10-11)15-7-2-3-8-15/h2-8,10H,9H2,1H3. The molecule has 0 saturated carbocycles. The number of fused-ring (bicyclic) bond motifs is 1. The van der Waals surface area contributed by atoms with E-state index in [1.807, 2.05) is 0 Å². The Hall–Kier alpha value is -1.26. The highest BCUT2D eigenvalue weighted by atomic mass is 31.1. The second-order valence-corrected chi connectivity index (χ2v) is 6.00. The van der Waals surface area contributed by atoms with Gasteiger partial charge < -0.3 is 0 Å². The molecule has 1 aliphatic carbocycles. The minimum absolute atomic E-state index is 0.168. The van der Waals surface area contributed by atoms with Crippen molar-refractivity contribution in [2.75, 3.05) is 0 Å². The summed E-state index contributed by atoms with van der Waals surface area (Å²) < 4.78 is 0. The maximum absolute atomic E-state index is 2.35. The van der Waals surface area contributed by atoms with Crippen molar-refractivity contribution in [1.29, 1.82) is 0 Å². The van der Waals surface area contributed by atoms with Crippen LogP contribution in [0.15, 0.2) is 47.5 Å². The van der Waals surface area contributed by atoms with E-state index in [1.165, 1.54) is 22.0 Å². The molecular weight excluding hydrogens is 199 g/mol. The van der Waals surface area contributed by atoms with E-state index in [0.29, 0.717) is 0 Å². The molecule has 74 valence electrons. The van der Waals surface area contributed by atoms with Gasteiger partial charge in [0, 0.05) is 5.30 Å². The smallest absolute Gasteiger partial charge is 0.00535 e. The van der Waals surface area contributed by atoms with Crippen molar-refractivity contribution in [3.05, 3.63) is 58.6 Å². The zero-order chi connectivity index (χ0) is 10.3. The molecule has 1 heterocycles. The first-order valence-electron chi connectivity index (χ1n) is 5.27. The van der Waals surface area contributed by atoms with Gasteiger partial charge in [-0.2, -0.15) is 0 Å². The van der Waals surface area contributed by atoms with E-state index < -0.39 is 0 Å². The van der Waals surface area contributed by atoms with Crippen molar-refractivity contribution in [3.63, 3.8) is 0 Å². The molecule has 0 aliphatic heterocycles. The highest BCUT2D eigenvalue weighted by molar-refractivity contribution is 7.56. The summed E-state index contributed by atoms with van der Waals surface area (Å²) in [5.41, 5.74) is 4.47. The lowest BCUT2D eigenvalue weighted by Crippen LogP contribution is -1.82. The topological polar surface area (TPSA) is 0 Å². The van der Waals surface area contributed by atoms with Gasteiger partial charge >= 0.3 is 0 Å². The van der Waals surface area contributed by atoms with Crippen LogP contribution in [0.2, 0.25) is 0 Å². The Balaban J connectivity index is 2.22. The molecule has 0 amide bonds. The fraction of sp³-hybridized carbons (Fsp3) is 0.143. The number of rotatable bonds is 1. The lowest BCUT2D eigenvalue weighted by atomic mass is 10.1. The van der Waals surface area contributed by atoms with Crippen molar-refractivity contribution < 1.29 is 0 Å². The van der Waals surface area contributed by atoms with Crippen molar-refractivity contribution in [2.24, 2.45) is 0 Å². The van der Waals surface area contributed by atoms with Gasteiger partial charge in [-0.3, -0.25) is 0 Å². The normalized spacial score (nSPS) is 13.8. The Bertz CT molecular complexity index is 518. The van der Waals surface area contributed by atoms with Crippen LogP contribution in [-0.2, 0) is 6.42 Å². The molecule has 1 aromatic carbocycles. The first-order chi connectivity index (χ1) is 7.34. The molecule has 0 radical (unpaired) electrons. The summed E-state index contributed by atoms with van der Waals surface area (Å²) in [6, 6.07) is 11.1. The molecule has 0 unspecified atom stereocenters. The van der Waals surface area contributed by atoms with Gasteiger partial charge in [-0.05, 0) is 36.1 Å². The average Bonchev–Trinajstić information content (AvgIpc) is 2.82. The lowest BCUT2D eigenvalue weighted by molar-refractivity contribution is 1.20. The molecule has 0 spiro atoms. The van der Waals surface area contributed by atoms with Crippen LogP contribution in [-0.4, -0.2) is 0 Å². The van der Waals surface area contributed by atoms with Crippen molar-refractivity contribution in [1.82, 2.24) is 0 Å². The number of benzene rings is 1. The van der Waals surface area contributed by atoms with Gasteiger partial charge in [-0.25, -0.2) is 0 Å². The van der Waals surface area contributed by atoms with Gasteiger partial charge in [0.2, 0.25) is 0 Å². The van der Waals surface area contributed by atoms with Crippen molar-refractivity contribution >= 4 is 13.6 Å². The number of hydrogen-bond donors (Lipinski definition) is 0. The molecule has 1 heteroatoms. The maximum Gasteiger partial charge on any atom is 0.00535 e. The van der Waals surface area contributed by atoms with Crippen LogP contribution in [0.25, 0.3) is 11.4 Å². The Morgan fingerprint density at radius 3 is 2.67 bits per heavy atom. The second kappa shape index (κ2) is 3.40. The minimum atomic E-state index is -0.168. The summed E-state index contributed by atoms with van der Waals surface area (Å²) >= 11 is 0. The lowest BCUT2D eigenvalue weighted by Gasteiger charge is -2.05. The molecule has 0 saturated heterocycles. The summed E-state index contributed by atoms with van der Waals surface area (Å²) in [6.07, 6.45) is 3.49. The SMILES string of the molecule is CC1=Cc2c(cccc2-p2cccc2)C1. The van der Waals surface area contributed by atoms with Crippen LogP contribution in [0.3, 0.4) is 0 Å². The Morgan fingerprint density at radius 2 is 1.87 bits per heavy atom. The summed E-state index contributed by atoms with van der Waals surface area (Å²) in [5.74, 6) is 4.65. The van der Waals surface area contributed by atoms with Crippen LogP contribution in [0.4, 0.5) is 0 Å². The highest BCUT2D eigenvalue weighted by Gasteiger charge is 2.13. The highest BCUT2D eigenvalue weighted by Crippen LogP contribution is 2.44. The van der Waals surface area contributed by atoms with E-state index >= 15 is 0 Å². The zero-order valence-corrected chi connectivity index (χ0v) is 9.67. The third kappa shape index (κ3) is 1.46. The molecule has 0 bridgehead atoms. The first kappa shape index (κ1) is 9.00. The molecule has 1 aromatic heterocycles. The van der Waals surface area contributed by atoms with Gasteiger partial charge in [0.05, 0.1) is 0 Å². The van der Waals surface area contributed by atoms with Crippen LogP contribution >= 0.6 is 7.53 Å². The molecule has 15 heavy (non-hydrogen) atoms. The summed E-state index contributed by atoms with van der Waals surface area (Å²) in [6.45, 7) is 2.22. The molecule has 0 nitrogen and oxygen atoms in total. The predicted molar refractivity (Wildman–Crippen MR) is 67.8 cm³/mol. The summed E-state index contributed by atoms with van der Waals surface area (Å²) in [4.78, 5) is 0. The zero-order valence-electron chi connectivity index (χ0n) is 8.77. The monoisotopic (exact) mass is 212 g/mol. The van der Waals surface area contributed by atoms with Crippen LogP contribution in [0, 0.1) is 0 Å². The Labute approximate surface area is 91.3 Å². The van der Waals surface area contributed by atoms with E-state index in [-0.39, 0.29) is 7.53 Å². The van der Waals surface area contributed by atoms with Gasteiger partial charge in [0.1, 0.15) is 0 Å². The number of hydrogen-bond acceptors (Lipinski definition) is 0. The van der Waals surface area contributed by atoms with Crippen molar-refractivity contribution in [3.8, 4) is 5.30 Å². The third-order valence-electron chi connectivity index (χ3n) is 2.92. The van der Waals surface area contributed by atoms with Crippen LogP contribution in [0.1, 0.15) is 18.1 Å². The van der Waals surface area contributed by atoms with Gasteiger partial charge in [0.15, 0.2) is 0 Å². The molecule has 3 rings (SSSR count). The average molecular weight is 212 g/mol. The van der Waals surface area contributed by atoms with E-state index in [4.69, 9.17) is 0 Å². The first-order valence-corrected chi connectivity index (χ1v) is 6.75. The Kier molecular flexibility index (Phi) is 2.04. The second-order valence-electron chi connectivity index (χ2n) is 4.11. The van der Waals surface area contributed by atoms with Gasteiger partial charge in [0.25, 0.3) is 0 Å². The fourth-order valence-corrected chi connectivity index (χ4v) is 3.97. The fourth-order valence-electron chi connectivity index (χ4n) is 2.24. The minimum Gasteiger partial charge on any atom is -0.0928 e. The van der Waals surface area contributed by atoms with Crippen LogP contribution in [0.5, 0.6) is 0 Å². The molecule has 0 N–H and O–H groups in total. The Morgan fingerprint density at radius 1 is 1.07 bits per heavy atom. The molecule has 0 atom stereocenters. The largest absolute Gasteiger partial charge is 0.0928 e. The van der Waals surface area contributed by atoms with Crippen LogP contribution < -0.4 is 0 Å². The van der Waals surface area contributed by atoms with E-state index in [0.717, 1.165) is 6.42 Å². The molecular formula is C14H13P. The summed E-state index contributed by atoms with van der Waals surface area (Å²) in [5, 5.41) is 1.52. The summed E-state index contributed by atoms with van der Waals surface area (Å²) in [7, 11) is -0.168. The van der Waals surface area contributed by atoms with E-state index in [1.54, 1.807) is 0 Å². The molecule has 2 aromatic rings. The van der Waals surface area contributed by atoms with Gasteiger partial charge in [-0.1, -0.05) is 49.5 Å². The quantitative estimate of drug-likeness (QED) is 0.646. The maximum atomic E-state index is 2.35. The predicted octanol–water partition coefficient (Wildman–Crippen LogP) is 4.62. The van der Waals surface area contributed by atoms with E-state index in [2.05, 4.69) is 54.9 Å². The molecule has 1 aliphatic rings. The van der Waals surface area contributed by atoms with Crippen molar-refractivity contribution in [2.45, 2.75) is 13.3 Å².